The van der Waals surface area contributed by atoms with Gasteiger partial charge in [0.15, 0.2) is 5.16 Å². The number of benzene rings is 1. The minimum atomic E-state index is -0.191. The highest BCUT2D eigenvalue weighted by atomic mass is 32.2. The van der Waals surface area contributed by atoms with E-state index in [1.54, 1.807) is 17.0 Å². The Morgan fingerprint density at radius 1 is 1.17 bits per heavy atom. The molecule has 2 aromatic rings. The van der Waals surface area contributed by atoms with Crippen molar-refractivity contribution in [1.29, 1.82) is 5.41 Å². The van der Waals surface area contributed by atoms with Gasteiger partial charge in [-0.05, 0) is 18.4 Å². The molecule has 8 nitrogen and oxygen atoms in total. The van der Waals surface area contributed by atoms with Gasteiger partial charge in [-0.1, -0.05) is 30.0 Å². The fraction of sp³-hybridized carbons (Fsp3) is 0.267. The molecule has 0 aliphatic carbocycles. The lowest BCUT2D eigenvalue weighted by atomic mass is 10.3. The van der Waals surface area contributed by atoms with E-state index < -0.39 is 0 Å². The molecule has 3 rings (SSSR count). The Balaban J connectivity index is 1.98. The van der Waals surface area contributed by atoms with E-state index in [2.05, 4.69) is 15.0 Å². The van der Waals surface area contributed by atoms with Crippen LogP contribution in [0.3, 0.4) is 0 Å². The summed E-state index contributed by atoms with van der Waals surface area (Å²) in [6, 6.07) is 9.12. The number of rotatable bonds is 4. The van der Waals surface area contributed by atoms with Crippen molar-refractivity contribution in [3.63, 3.8) is 0 Å². The lowest BCUT2D eigenvalue weighted by Gasteiger charge is -2.20. The first-order valence-electron chi connectivity index (χ1n) is 7.22. The predicted molar refractivity (Wildman–Crippen MR) is 94.9 cm³/mol. The summed E-state index contributed by atoms with van der Waals surface area (Å²) in [6.07, 6.45) is 1.87. The molecule has 0 radical (unpaired) electrons. The molecule has 0 unspecified atom stereocenters. The number of para-hydroxylation sites is 1. The molecule has 124 valence electrons. The fourth-order valence-corrected chi connectivity index (χ4v) is 2.62. The number of hydrogen-bond donors (Lipinski definition) is 1. The summed E-state index contributed by atoms with van der Waals surface area (Å²) in [4.78, 5) is 30.0. The number of nitrogens with one attached hydrogen (secondary N) is 1. The molecule has 1 N–H and O–H groups in total. The van der Waals surface area contributed by atoms with Crippen LogP contribution in [0, 0.1) is 5.41 Å². The Hall–Kier alpha value is -2.68. The molecule has 0 bridgehead atoms. The number of anilines is 3. The van der Waals surface area contributed by atoms with Crippen LogP contribution in [0.4, 0.5) is 17.6 Å². The summed E-state index contributed by atoms with van der Waals surface area (Å²) in [7, 11) is 3.67. The molecule has 1 aromatic heterocycles. The van der Waals surface area contributed by atoms with E-state index in [1.165, 1.54) is 21.6 Å². The van der Waals surface area contributed by atoms with Crippen LogP contribution in [0.15, 0.2) is 35.5 Å². The van der Waals surface area contributed by atoms with Gasteiger partial charge in [0.25, 0.3) is 5.91 Å². The number of nitrogens with zero attached hydrogens (tertiary/aromatic N) is 6. The van der Waals surface area contributed by atoms with Crippen molar-refractivity contribution in [2.75, 3.05) is 41.6 Å². The summed E-state index contributed by atoms with van der Waals surface area (Å²) in [5.74, 6) is 0.635. The van der Waals surface area contributed by atoms with E-state index in [4.69, 9.17) is 5.41 Å². The number of amides is 1. The van der Waals surface area contributed by atoms with Gasteiger partial charge < -0.3 is 4.90 Å². The SMILES string of the molecule is CSc1nc(N(C)C)nc(N2CC(=O)N(c3ccccc3)C2=N)n1. The third kappa shape index (κ3) is 2.90. The molecule has 1 amide bonds. The van der Waals surface area contributed by atoms with Gasteiger partial charge in [-0.2, -0.15) is 15.0 Å². The maximum atomic E-state index is 12.4. The van der Waals surface area contributed by atoms with Crippen LogP contribution in [0.5, 0.6) is 0 Å². The van der Waals surface area contributed by atoms with Crippen LogP contribution in [0.1, 0.15) is 0 Å². The van der Waals surface area contributed by atoms with Gasteiger partial charge in [-0.3, -0.25) is 15.1 Å². The molecular formula is C15H17N7OS. The molecule has 24 heavy (non-hydrogen) atoms. The highest BCUT2D eigenvalue weighted by Crippen LogP contribution is 2.25. The number of hydrogen-bond acceptors (Lipinski definition) is 7. The van der Waals surface area contributed by atoms with E-state index in [0.29, 0.717) is 22.7 Å². The molecule has 0 spiro atoms. The van der Waals surface area contributed by atoms with E-state index >= 15 is 0 Å². The van der Waals surface area contributed by atoms with Gasteiger partial charge in [0.2, 0.25) is 17.9 Å². The third-order valence-electron chi connectivity index (χ3n) is 3.44. The Morgan fingerprint density at radius 2 is 1.88 bits per heavy atom. The normalized spacial score (nSPS) is 14.5. The fourth-order valence-electron chi connectivity index (χ4n) is 2.28. The molecular weight excluding hydrogens is 326 g/mol. The van der Waals surface area contributed by atoms with Crippen molar-refractivity contribution in [2.45, 2.75) is 5.16 Å². The monoisotopic (exact) mass is 343 g/mol. The highest BCUT2D eigenvalue weighted by Gasteiger charge is 2.36. The highest BCUT2D eigenvalue weighted by molar-refractivity contribution is 7.98. The van der Waals surface area contributed by atoms with Crippen molar-refractivity contribution >= 4 is 41.2 Å². The lowest BCUT2D eigenvalue weighted by Crippen LogP contribution is -2.34. The van der Waals surface area contributed by atoms with Crippen LogP contribution in [0.2, 0.25) is 0 Å². The van der Waals surface area contributed by atoms with Crippen molar-refractivity contribution < 1.29 is 4.79 Å². The van der Waals surface area contributed by atoms with Crippen molar-refractivity contribution in [2.24, 2.45) is 0 Å². The Kier molecular flexibility index (Phi) is 4.34. The van der Waals surface area contributed by atoms with Crippen LogP contribution in [-0.2, 0) is 4.79 Å². The predicted octanol–water partition coefficient (Wildman–Crippen LogP) is 1.45. The van der Waals surface area contributed by atoms with Gasteiger partial charge in [-0.25, -0.2) is 4.90 Å². The molecule has 1 saturated heterocycles. The summed E-state index contributed by atoms with van der Waals surface area (Å²) >= 11 is 1.39. The topological polar surface area (TPSA) is 89.3 Å². The van der Waals surface area contributed by atoms with Crippen molar-refractivity contribution in [3.8, 4) is 0 Å². The first-order valence-corrected chi connectivity index (χ1v) is 8.45. The van der Waals surface area contributed by atoms with E-state index in [-0.39, 0.29) is 18.4 Å². The Labute approximate surface area is 144 Å². The van der Waals surface area contributed by atoms with E-state index in [9.17, 15) is 4.79 Å². The standard InChI is InChI=1S/C15H17N7OS/c1-20(2)13-17-14(19-15(18-13)24-3)21-9-11(23)22(12(21)16)10-7-5-4-6-8-10/h4-8,16H,9H2,1-3H3. The van der Waals surface area contributed by atoms with Gasteiger partial charge in [-0.15, -0.1) is 0 Å². The van der Waals surface area contributed by atoms with Gasteiger partial charge in [0, 0.05) is 14.1 Å². The summed E-state index contributed by atoms with van der Waals surface area (Å²) in [5.41, 5.74) is 0.655. The number of thioether (sulfide) groups is 1. The zero-order valence-electron chi connectivity index (χ0n) is 13.6. The van der Waals surface area contributed by atoms with Gasteiger partial charge >= 0.3 is 0 Å². The maximum absolute atomic E-state index is 12.4. The Bertz CT molecular complexity index is 781. The summed E-state index contributed by atoms with van der Waals surface area (Å²) < 4.78 is 0. The van der Waals surface area contributed by atoms with Gasteiger partial charge in [0.1, 0.15) is 6.54 Å². The molecule has 0 saturated carbocycles. The largest absolute Gasteiger partial charge is 0.347 e. The zero-order valence-corrected chi connectivity index (χ0v) is 14.4. The molecule has 1 aliphatic heterocycles. The van der Waals surface area contributed by atoms with Crippen molar-refractivity contribution in [3.05, 3.63) is 30.3 Å². The lowest BCUT2D eigenvalue weighted by molar-refractivity contribution is -0.115. The second-order valence-electron chi connectivity index (χ2n) is 5.29. The maximum Gasteiger partial charge on any atom is 0.254 e. The number of carbonyl (C=O) groups is 1. The number of guanidine groups is 1. The average Bonchev–Trinajstić information content (AvgIpc) is 2.89. The summed E-state index contributed by atoms with van der Waals surface area (Å²) in [5, 5.41) is 8.93. The minimum Gasteiger partial charge on any atom is -0.347 e. The van der Waals surface area contributed by atoms with Crippen LogP contribution in [-0.4, -0.2) is 53.7 Å². The Morgan fingerprint density at radius 3 is 2.50 bits per heavy atom. The van der Waals surface area contributed by atoms with Crippen LogP contribution < -0.4 is 14.7 Å². The van der Waals surface area contributed by atoms with Crippen LogP contribution in [0.25, 0.3) is 0 Å². The van der Waals surface area contributed by atoms with Crippen molar-refractivity contribution in [1.82, 2.24) is 15.0 Å². The molecule has 2 heterocycles. The van der Waals surface area contributed by atoms with Crippen LogP contribution >= 0.6 is 11.8 Å². The summed E-state index contributed by atoms with van der Waals surface area (Å²) in [6.45, 7) is 0.0262. The van der Waals surface area contributed by atoms with Gasteiger partial charge in [0.05, 0.1) is 5.69 Å². The van der Waals surface area contributed by atoms with E-state index in [0.717, 1.165) is 0 Å². The average molecular weight is 343 g/mol. The third-order valence-corrected chi connectivity index (χ3v) is 3.99. The molecule has 1 aromatic carbocycles. The molecule has 1 aliphatic rings. The zero-order chi connectivity index (χ0) is 17.3. The number of aromatic nitrogens is 3. The smallest absolute Gasteiger partial charge is 0.254 e. The number of carbonyl (C=O) groups excluding carboxylic acids is 1. The van der Waals surface area contributed by atoms with E-state index in [1.807, 2.05) is 38.6 Å². The first kappa shape index (κ1) is 16.2. The molecule has 0 atom stereocenters. The quantitative estimate of drug-likeness (QED) is 0.840. The minimum absolute atomic E-state index is 0.0262. The molecule has 9 heteroatoms. The first-order chi connectivity index (χ1) is 11.5. The second-order valence-corrected chi connectivity index (χ2v) is 6.06. The molecule has 1 fully saturated rings. The second kappa shape index (κ2) is 6.44.